The molecule has 7 nitrogen and oxygen atoms in total. The molecule has 1 aromatic carbocycles. The maximum atomic E-state index is 12.7. The van der Waals surface area contributed by atoms with Gasteiger partial charge in [-0.05, 0) is 49.8 Å². The molecule has 1 aliphatic heterocycles. The van der Waals surface area contributed by atoms with Gasteiger partial charge in [-0.15, -0.1) is 24.0 Å². The Morgan fingerprint density at radius 3 is 2.52 bits per heavy atom. The highest BCUT2D eigenvalue weighted by Gasteiger charge is 2.58. The predicted molar refractivity (Wildman–Crippen MR) is 131 cm³/mol. The van der Waals surface area contributed by atoms with Crippen LogP contribution in [-0.4, -0.2) is 55.5 Å². The van der Waals surface area contributed by atoms with Crippen LogP contribution in [0.25, 0.3) is 0 Å². The van der Waals surface area contributed by atoms with Crippen molar-refractivity contribution in [1.29, 1.82) is 0 Å². The molecule has 4 atom stereocenters. The number of fused-ring (bicyclic) bond motifs is 5. The molecule has 1 aromatic rings. The average Bonchev–Trinajstić information content (AvgIpc) is 3.41. The molecule has 1 heterocycles. The third-order valence-corrected chi connectivity index (χ3v) is 6.15. The Hall–Kier alpha value is -2.10. The van der Waals surface area contributed by atoms with Crippen molar-refractivity contribution in [2.45, 2.75) is 20.3 Å². The van der Waals surface area contributed by atoms with E-state index in [4.69, 9.17) is 4.74 Å². The van der Waals surface area contributed by atoms with Gasteiger partial charge in [0.1, 0.15) is 12.4 Å². The van der Waals surface area contributed by atoms with Gasteiger partial charge >= 0.3 is 0 Å². The van der Waals surface area contributed by atoms with Gasteiger partial charge in [-0.3, -0.25) is 19.5 Å². The second kappa shape index (κ2) is 10.5. The van der Waals surface area contributed by atoms with E-state index in [2.05, 4.69) is 27.8 Å². The molecule has 4 rings (SSSR count). The number of carbonyl (C=O) groups excluding carboxylic acids is 2. The van der Waals surface area contributed by atoms with Gasteiger partial charge in [0, 0.05) is 13.1 Å². The average molecular weight is 538 g/mol. The van der Waals surface area contributed by atoms with E-state index in [9.17, 15) is 9.59 Å². The number of hydrogen-bond donors (Lipinski definition) is 2. The summed E-state index contributed by atoms with van der Waals surface area (Å²) in [5.41, 5.74) is 1.16. The fourth-order valence-electron chi connectivity index (χ4n) is 4.83. The summed E-state index contributed by atoms with van der Waals surface area (Å²) in [7, 11) is 0. The Bertz CT molecular complexity index is 842. The number of amides is 2. The van der Waals surface area contributed by atoms with Gasteiger partial charge in [0.05, 0.1) is 24.9 Å². The topological polar surface area (TPSA) is 83.0 Å². The van der Waals surface area contributed by atoms with Crippen LogP contribution in [0.4, 0.5) is 0 Å². The number of ether oxygens (including phenoxy) is 1. The van der Waals surface area contributed by atoms with Crippen LogP contribution in [-0.2, 0) is 9.59 Å². The first kappa shape index (κ1) is 23.6. The Labute approximate surface area is 200 Å². The zero-order valence-electron chi connectivity index (χ0n) is 18.0. The number of benzene rings is 1. The lowest BCUT2D eigenvalue weighted by atomic mass is 9.85. The van der Waals surface area contributed by atoms with Gasteiger partial charge in [0.25, 0.3) is 0 Å². The van der Waals surface area contributed by atoms with Crippen molar-refractivity contribution in [2.24, 2.45) is 28.7 Å². The second-order valence-corrected chi connectivity index (χ2v) is 8.18. The number of guanidine groups is 1. The van der Waals surface area contributed by atoms with Crippen LogP contribution in [0.2, 0.25) is 0 Å². The number of halogens is 1. The minimum absolute atomic E-state index is 0. The number of rotatable bonds is 8. The smallest absolute Gasteiger partial charge is 0.233 e. The normalized spacial score (nSPS) is 26.1. The largest absolute Gasteiger partial charge is 0.492 e. The lowest BCUT2D eigenvalue weighted by Crippen LogP contribution is -2.40. The highest BCUT2D eigenvalue weighted by Crippen LogP contribution is 2.52. The van der Waals surface area contributed by atoms with Gasteiger partial charge < -0.3 is 15.4 Å². The summed E-state index contributed by atoms with van der Waals surface area (Å²) in [5, 5.41) is 6.42. The molecule has 2 aliphatic carbocycles. The molecule has 0 aromatic heterocycles. The molecule has 0 spiro atoms. The van der Waals surface area contributed by atoms with E-state index in [1.165, 1.54) is 4.90 Å². The van der Waals surface area contributed by atoms with Crippen LogP contribution in [0, 0.1) is 30.6 Å². The van der Waals surface area contributed by atoms with E-state index in [-0.39, 0.29) is 59.5 Å². The SMILES string of the molecule is CCNC(=NCCN1C(=O)C2C3C=CC(C3)C2C1=O)NCCOc1cccc(C)c1.I. The molecular formula is C23H31IN4O3. The van der Waals surface area contributed by atoms with E-state index in [0.29, 0.717) is 32.2 Å². The third kappa shape index (κ3) is 5.05. The van der Waals surface area contributed by atoms with Crippen molar-refractivity contribution in [3.05, 3.63) is 42.0 Å². The summed E-state index contributed by atoms with van der Waals surface area (Å²) >= 11 is 0. The number of likely N-dealkylation sites (tertiary alicyclic amines) is 1. The van der Waals surface area contributed by atoms with Crippen LogP contribution < -0.4 is 15.4 Å². The van der Waals surface area contributed by atoms with Gasteiger partial charge in [-0.2, -0.15) is 0 Å². The molecule has 0 radical (unpaired) electrons. The lowest BCUT2D eigenvalue weighted by molar-refractivity contribution is -0.140. The van der Waals surface area contributed by atoms with Crippen molar-refractivity contribution >= 4 is 41.8 Å². The molecule has 31 heavy (non-hydrogen) atoms. The zero-order valence-corrected chi connectivity index (χ0v) is 20.4. The second-order valence-electron chi connectivity index (χ2n) is 8.18. The number of carbonyl (C=O) groups is 2. The number of nitrogens with one attached hydrogen (secondary N) is 2. The van der Waals surface area contributed by atoms with Gasteiger partial charge in [-0.1, -0.05) is 24.3 Å². The molecule has 3 aliphatic rings. The lowest BCUT2D eigenvalue weighted by Gasteiger charge is -2.17. The van der Waals surface area contributed by atoms with Crippen molar-refractivity contribution in [2.75, 3.05) is 32.8 Å². The Morgan fingerprint density at radius 1 is 1.16 bits per heavy atom. The number of aryl methyl sites for hydroxylation is 1. The van der Waals surface area contributed by atoms with Crippen LogP contribution >= 0.6 is 24.0 Å². The van der Waals surface area contributed by atoms with Crippen molar-refractivity contribution in [1.82, 2.24) is 15.5 Å². The summed E-state index contributed by atoms with van der Waals surface area (Å²) in [6, 6.07) is 7.94. The number of nitrogens with zero attached hydrogens (tertiary/aromatic N) is 2. The van der Waals surface area contributed by atoms with E-state index >= 15 is 0 Å². The van der Waals surface area contributed by atoms with Crippen molar-refractivity contribution in [3.63, 3.8) is 0 Å². The summed E-state index contributed by atoms with van der Waals surface area (Å²) in [6.45, 7) is 6.58. The zero-order chi connectivity index (χ0) is 21.1. The van der Waals surface area contributed by atoms with E-state index in [1.54, 1.807) is 0 Å². The summed E-state index contributed by atoms with van der Waals surface area (Å²) in [4.78, 5) is 31.4. The van der Waals surface area contributed by atoms with Crippen molar-refractivity contribution < 1.29 is 14.3 Å². The highest BCUT2D eigenvalue weighted by atomic mass is 127. The monoisotopic (exact) mass is 538 g/mol. The maximum Gasteiger partial charge on any atom is 0.233 e. The van der Waals surface area contributed by atoms with Gasteiger partial charge in [0.2, 0.25) is 11.8 Å². The summed E-state index contributed by atoms with van der Waals surface area (Å²) in [5.74, 6) is 1.70. The van der Waals surface area contributed by atoms with Crippen molar-refractivity contribution in [3.8, 4) is 5.75 Å². The van der Waals surface area contributed by atoms with Crippen LogP contribution in [0.1, 0.15) is 18.9 Å². The first-order chi connectivity index (χ1) is 14.6. The summed E-state index contributed by atoms with van der Waals surface area (Å²) in [6.07, 6.45) is 5.19. The molecule has 2 N–H and O–H groups in total. The molecule has 1 saturated carbocycles. The Morgan fingerprint density at radius 2 is 1.87 bits per heavy atom. The number of aliphatic imine (C=N–C) groups is 1. The fraction of sp³-hybridized carbons (Fsp3) is 0.522. The first-order valence-electron chi connectivity index (χ1n) is 10.8. The molecule has 4 unspecified atom stereocenters. The molecule has 2 bridgehead atoms. The molecule has 2 fully saturated rings. The quantitative estimate of drug-likeness (QED) is 0.133. The third-order valence-electron chi connectivity index (χ3n) is 6.15. The Balaban J connectivity index is 0.00000272. The van der Waals surface area contributed by atoms with Gasteiger partial charge in [-0.25, -0.2) is 0 Å². The number of imide groups is 1. The Kier molecular flexibility index (Phi) is 7.96. The first-order valence-corrected chi connectivity index (χ1v) is 10.8. The van der Waals surface area contributed by atoms with Gasteiger partial charge in [0.15, 0.2) is 5.96 Å². The molecule has 1 saturated heterocycles. The minimum Gasteiger partial charge on any atom is -0.492 e. The molecular weight excluding hydrogens is 507 g/mol. The maximum absolute atomic E-state index is 12.7. The van der Waals surface area contributed by atoms with E-state index in [0.717, 1.165) is 24.3 Å². The highest BCUT2D eigenvalue weighted by molar-refractivity contribution is 14.0. The number of allylic oxidation sites excluding steroid dienone is 2. The molecule has 2 amide bonds. The molecule has 8 heteroatoms. The molecule has 168 valence electrons. The standard InChI is InChI=1S/C23H30N4O3.HI/c1-3-24-23(26-10-12-30-18-6-4-5-15(2)13-18)25-9-11-27-21(28)19-16-7-8-17(14-16)20(19)22(27)29;/h4-8,13,16-17,19-20H,3,9-12,14H2,1-2H3,(H2,24,25,26);1H. The minimum atomic E-state index is -0.137. The van der Waals surface area contributed by atoms with E-state index < -0.39 is 0 Å². The van der Waals surface area contributed by atoms with Crippen LogP contribution in [0.5, 0.6) is 5.75 Å². The fourth-order valence-corrected chi connectivity index (χ4v) is 4.83. The summed E-state index contributed by atoms with van der Waals surface area (Å²) < 4.78 is 5.75. The van der Waals surface area contributed by atoms with Crippen LogP contribution in [0.3, 0.4) is 0 Å². The van der Waals surface area contributed by atoms with E-state index in [1.807, 2.05) is 38.1 Å². The van der Waals surface area contributed by atoms with Crippen LogP contribution in [0.15, 0.2) is 41.4 Å². The number of hydrogen-bond acceptors (Lipinski definition) is 4. The predicted octanol–water partition coefficient (Wildman–Crippen LogP) is 2.35.